The highest BCUT2D eigenvalue weighted by molar-refractivity contribution is 5.75. The second kappa shape index (κ2) is 4.87. The molecule has 0 radical (unpaired) electrons. The fourth-order valence-corrected chi connectivity index (χ4v) is 1.29. The van der Waals surface area contributed by atoms with Gasteiger partial charge < -0.3 is 0 Å². The number of hydrogen-bond donors (Lipinski definition) is 0. The van der Waals surface area contributed by atoms with Gasteiger partial charge in [-0.15, -0.1) is 6.42 Å². The predicted octanol–water partition coefficient (Wildman–Crippen LogP) is 3.34. The van der Waals surface area contributed by atoms with E-state index in [0.717, 1.165) is 5.56 Å². The van der Waals surface area contributed by atoms with E-state index in [0.29, 0.717) is 0 Å². The van der Waals surface area contributed by atoms with Gasteiger partial charge in [0.05, 0.1) is 0 Å². The maximum Gasteiger partial charge on any atom is 0.0255 e. The molecule has 0 atom stereocenters. The molecule has 0 unspecified atom stereocenters. The molecule has 0 spiro atoms. The Kier molecular flexibility index (Phi) is 3.07. The SMILES string of the molecule is C#CC#Cc1ccccc1.c1cc2ccc1-2. The van der Waals surface area contributed by atoms with Gasteiger partial charge in [-0.05, 0) is 35.1 Å². The molecule has 0 heteroatoms. The van der Waals surface area contributed by atoms with Gasteiger partial charge in [-0.25, -0.2) is 0 Å². The molecule has 1 aromatic rings. The minimum absolute atomic E-state index is 0.959. The quantitative estimate of drug-likeness (QED) is 0.490. The zero-order chi connectivity index (χ0) is 11.2. The monoisotopic (exact) mass is 202 g/mol. The van der Waals surface area contributed by atoms with Crippen LogP contribution in [-0.2, 0) is 0 Å². The van der Waals surface area contributed by atoms with Crippen LogP contribution in [0.1, 0.15) is 5.56 Å². The van der Waals surface area contributed by atoms with Crippen LogP contribution in [0.25, 0.3) is 11.1 Å². The molecule has 74 valence electrons. The van der Waals surface area contributed by atoms with Gasteiger partial charge in [-0.2, -0.15) is 0 Å². The number of fused-ring (bicyclic) bond motifs is 1. The van der Waals surface area contributed by atoms with Crippen molar-refractivity contribution >= 4 is 0 Å². The lowest BCUT2D eigenvalue weighted by molar-refractivity contribution is 1.55. The average molecular weight is 202 g/mol. The number of rotatable bonds is 0. The molecule has 1 aromatic carbocycles. The number of terminal acetylenes is 1. The summed E-state index contributed by atoms with van der Waals surface area (Å²) in [5, 5.41) is 0. The van der Waals surface area contributed by atoms with Gasteiger partial charge in [0.1, 0.15) is 0 Å². The van der Waals surface area contributed by atoms with E-state index in [1.807, 2.05) is 30.3 Å². The topological polar surface area (TPSA) is 0 Å². The van der Waals surface area contributed by atoms with E-state index >= 15 is 0 Å². The normalized spacial score (nSPS) is 8.69. The van der Waals surface area contributed by atoms with Crippen molar-refractivity contribution in [2.24, 2.45) is 0 Å². The van der Waals surface area contributed by atoms with Gasteiger partial charge in [0.15, 0.2) is 0 Å². The predicted molar refractivity (Wildman–Crippen MR) is 67.6 cm³/mol. The summed E-state index contributed by atoms with van der Waals surface area (Å²) in [7, 11) is 0. The molecule has 2 aliphatic carbocycles. The van der Waals surface area contributed by atoms with E-state index in [4.69, 9.17) is 6.42 Å². The molecule has 2 aliphatic rings. The van der Waals surface area contributed by atoms with E-state index in [1.54, 1.807) is 0 Å². The molecule has 0 aliphatic heterocycles. The third-order valence-corrected chi connectivity index (χ3v) is 2.27. The van der Waals surface area contributed by atoms with Gasteiger partial charge >= 0.3 is 0 Å². The van der Waals surface area contributed by atoms with Gasteiger partial charge in [-0.3, -0.25) is 0 Å². The smallest absolute Gasteiger partial charge is 0.0255 e. The summed E-state index contributed by atoms with van der Waals surface area (Å²) < 4.78 is 0. The lowest BCUT2D eigenvalue weighted by atomic mass is 9.95. The Morgan fingerprint density at radius 3 is 1.69 bits per heavy atom. The summed E-state index contributed by atoms with van der Waals surface area (Å²) in [4.78, 5) is 0. The Balaban J connectivity index is 0.000000134. The lowest BCUT2D eigenvalue weighted by Crippen LogP contribution is -1.85. The molecule has 0 saturated heterocycles. The zero-order valence-electron chi connectivity index (χ0n) is 8.77. The highest BCUT2D eigenvalue weighted by Gasteiger charge is 2.03. The van der Waals surface area contributed by atoms with Crippen LogP contribution in [0.2, 0.25) is 0 Å². The largest absolute Gasteiger partial charge is 0.106 e. The summed E-state index contributed by atoms with van der Waals surface area (Å²) in [6, 6.07) is 18.1. The van der Waals surface area contributed by atoms with E-state index < -0.39 is 0 Å². The first-order chi connectivity index (χ1) is 7.90. The second-order valence-electron chi connectivity index (χ2n) is 3.34. The Hall–Kier alpha value is -2.44. The second-order valence-corrected chi connectivity index (χ2v) is 3.34. The van der Waals surface area contributed by atoms with Crippen molar-refractivity contribution in [2.45, 2.75) is 0 Å². The van der Waals surface area contributed by atoms with E-state index in [9.17, 15) is 0 Å². The van der Waals surface area contributed by atoms with Crippen molar-refractivity contribution in [3.05, 3.63) is 60.2 Å². The fourth-order valence-electron chi connectivity index (χ4n) is 1.29. The van der Waals surface area contributed by atoms with Crippen molar-refractivity contribution < 1.29 is 0 Å². The Bertz CT molecular complexity index is 536. The minimum atomic E-state index is 0.959. The van der Waals surface area contributed by atoms with E-state index in [1.165, 1.54) is 11.1 Å². The van der Waals surface area contributed by atoms with Crippen LogP contribution in [0, 0.1) is 24.2 Å². The molecule has 0 saturated carbocycles. The van der Waals surface area contributed by atoms with Crippen LogP contribution < -0.4 is 0 Å². The van der Waals surface area contributed by atoms with Crippen molar-refractivity contribution in [3.63, 3.8) is 0 Å². The van der Waals surface area contributed by atoms with E-state index in [-0.39, 0.29) is 0 Å². The van der Waals surface area contributed by atoms with Crippen molar-refractivity contribution in [2.75, 3.05) is 0 Å². The van der Waals surface area contributed by atoms with Crippen LogP contribution >= 0.6 is 0 Å². The maximum absolute atomic E-state index is 4.95. The highest BCUT2D eigenvalue weighted by atomic mass is 14.1. The molecule has 0 fully saturated rings. The Labute approximate surface area is 95.9 Å². The third-order valence-electron chi connectivity index (χ3n) is 2.27. The third kappa shape index (κ3) is 2.32. The summed E-state index contributed by atoms with van der Waals surface area (Å²) >= 11 is 0. The van der Waals surface area contributed by atoms with Crippen molar-refractivity contribution in [1.29, 1.82) is 0 Å². The van der Waals surface area contributed by atoms with Crippen LogP contribution in [-0.4, -0.2) is 0 Å². The molecule has 0 heterocycles. The molecule has 0 aromatic heterocycles. The van der Waals surface area contributed by atoms with E-state index in [2.05, 4.69) is 42.0 Å². The fraction of sp³-hybridized carbons (Fsp3) is 0. The van der Waals surface area contributed by atoms with Crippen molar-refractivity contribution in [3.8, 4) is 35.3 Å². The van der Waals surface area contributed by atoms with Gasteiger partial charge in [-0.1, -0.05) is 48.4 Å². The molecule has 16 heavy (non-hydrogen) atoms. The van der Waals surface area contributed by atoms with Gasteiger partial charge in [0.2, 0.25) is 0 Å². The molecule has 0 bridgehead atoms. The maximum atomic E-state index is 4.95. The van der Waals surface area contributed by atoms with Gasteiger partial charge in [0, 0.05) is 5.56 Å². The van der Waals surface area contributed by atoms with Crippen molar-refractivity contribution in [1.82, 2.24) is 0 Å². The summed E-state index contributed by atoms with van der Waals surface area (Å²) in [6.45, 7) is 0. The minimum Gasteiger partial charge on any atom is -0.106 e. The first-order valence-corrected chi connectivity index (χ1v) is 5.02. The molecule has 0 amide bonds. The summed E-state index contributed by atoms with van der Waals surface area (Å²) in [5.41, 5.74) is 3.81. The lowest BCUT2D eigenvalue weighted by Gasteiger charge is -2.10. The molecular formula is C16H10. The zero-order valence-corrected chi connectivity index (χ0v) is 8.77. The van der Waals surface area contributed by atoms with Gasteiger partial charge in [0.25, 0.3) is 0 Å². The van der Waals surface area contributed by atoms with Crippen LogP contribution in [0.3, 0.4) is 0 Å². The molecule has 0 N–H and O–H groups in total. The highest BCUT2D eigenvalue weighted by Crippen LogP contribution is 2.29. The summed E-state index contributed by atoms with van der Waals surface area (Å²) in [6.07, 6.45) is 4.95. The Morgan fingerprint density at radius 1 is 0.750 bits per heavy atom. The van der Waals surface area contributed by atoms with Crippen LogP contribution in [0.4, 0.5) is 0 Å². The molecular weight excluding hydrogens is 192 g/mol. The number of benzene rings is 2. The molecule has 0 nitrogen and oxygen atoms in total. The van der Waals surface area contributed by atoms with Crippen LogP contribution in [0.5, 0.6) is 0 Å². The average Bonchev–Trinajstić information content (AvgIpc) is 2.33. The Morgan fingerprint density at radius 2 is 1.31 bits per heavy atom. The number of hydrogen-bond acceptors (Lipinski definition) is 0. The van der Waals surface area contributed by atoms with Crippen LogP contribution in [0.15, 0.2) is 54.6 Å². The first kappa shape index (κ1) is 10.1. The standard InChI is InChI=1S/C10H6.C6H4/c1-2-3-7-10-8-5-4-6-9-10;1-2-6-4-3-5(1)6/h1,4-6,8-9H;1-4H. The first-order valence-electron chi connectivity index (χ1n) is 5.02. The molecule has 3 rings (SSSR count). The summed E-state index contributed by atoms with van der Waals surface area (Å²) in [5.74, 6) is 7.61.